The van der Waals surface area contributed by atoms with Crippen LogP contribution in [0.15, 0.2) is 35.2 Å². The Bertz CT molecular complexity index is 1030. The molecule has 156 valence electrons. The highest BCUT2D eigenvalue weighted by molar-refractivity contribution is 7.89. The van der Waals surface area contributed by atoms with Crippen LogP contribution in [0.4, 0.5) is 0 Å². The summed E-state index contributed by atoms with van der Waals surface area (Å²) in [7, 11) is -1.92. The molecule has 9 heteroatoms. The number of hydrogen-bond acceptors (Lipinski definition) is 4. The topological polar surface area (TPSA) is 75.5 Å². The molecule has 29 heavy (non-hydrogen) atoms. The van der Waals surface area contributed by atoms with Crippen LogP contribution in [0, 0.1) is 13.8 Å². The average molecular weight is 437 g/mol. The van der Waals surface area contributed by atoms with E-state index in [2.05, 4.69) is 5.10 Å². The molecule has 0 bridgehead atoms. The number of aromatic nitrogens is 2. The second kappa shape index (κ2) is 8.69. The van der Waals surface area contributed by atoms with Gasteiger partial charge in [-0.1, -0.05) is 23.7 Å². The Labute approximate surface area is 176 Å². The van der Waals surface area contributed by atoms with Gasteiger partial charge < -0.3 is 4.90 Å². The van der Waals surface area contributed by atoms with Crippen LogP contribution in [0.25, 0.3) is 6.08 Å². The maximum Gasteiger partial charge on any atom is 0.246 e. The van der Waals surface area contributed by atoms with Gasteiger partial charge in [0.2, 0.25) is 15.9 Å². The van der Waals surface area contributed by atoms with Crippen molar-refractivity contribution >= 4 is 33.6 Å². The van der Waals surface area contributed by atoms with E-state index in [1.807, 2.05) is 12.1 Å². The van der Waals surface area contributed by atoms with E-state index >= 15 is 0 Å². The minimum Gasteiger partial charge on any atom is -0.338 e. The number of carbonyl (C=O) groups is 1. The van der Waals surface area contributed by atoms with Gasteiger partial charge in [-0.05, 0) is 44.0 Å². The summed E-state index contributed by atoms with van der Waals surface area (Å²) in [6.45, 7) is 4.96. The third-order valence-electron chi connectivity index (χ3n) is 5.10. The van der Waals surface area contributed by atoms with E-state index in [4.69, 9.17) is 11.6 Å². The Morgan fingerprint density at radius 3 is 2.41 bits per heavy atom. The fourth-order valence-corrected chi connectivity index (χ4v) is 5.45. The van der Waals surface area contributed by atoms with Gasteiger partial charge >= 0.3 is 0 Å². The molecular weight excluding hydrogens is 412 g/mol. The Morgan fingerprint density at radius 1 is 1.10 bits per heavy atom. The van der Waals surface area contributed by atoms with Crippen molar-refractivity contribution in [2.75, 3.05) is 26.2 Å². The van der Waals surface area contributed by atoms with Crippen LogP contribution in [0.1, 0.15) is 23.4 Å². The summed E-state index contributed by atoms with van der Waals surface area (Å²) >= 11 is 5.87. The van der Waals surface area contributed by atoms with E-state index in [1.165, 1.54) is 10.4 Å². The monoisotopic (exact) mass is 436 g/mol. The van der Waals surface area contributed by atoms with Gasteiger partial charge in [-0.25, -0.2) is 8.42 Å². The standard InChI is InChI=1S/C20H25ClN4O3S/c1-15-20(16(2)23(3)22-15)29(27,28)25-12-4-11-24(13-14-25)19(26)10-7-17-5-8-18(21)9-6-17/h5-10H,4,11-14H2,1-3H3/b10-7+. The molecule has 0 radical (unpaired) electrons. The van der Waals surface area contributed by atoms with Gasteiger partial charge in [0.25, 0.3) is 0 Å². The number of sulfonamides is 1. The van der Waals surface area contributed by atoms with Crippen LogP contribution in [0.5, 0.6) is 0 Å². The molecule has 1 amide bonds. The van der Waals surface area contributed by atoms with Crippen molar-refractivity contribution in [1.29, 1.82) is 0 Å². The maximum absolute atomic E-state index is 13.2. The van der Waals surface area contributed by atoms with E-state index in [0.717, 1.165) is 5.56 Å². The van der Waals surface area contributed by atoms with Gasteiger partial charge in [0, 0.05) is 44.3 Å². The number of nitrogens with zero attached hydrogens (tertiary/aromatic N) is 4. The Balaban J connectivity index is 1.69. The number of benzene rings is 1. The molecule has 1 aromatic carbocycles. The molecule has 0 unspecified atom stereocenters. The van der Waals surface area contributed by atoms with Crippen LogP contribution < -0.4 is 0 Å². The lowest BCUT2D eigenvalue weighted by Crippen LogP contribution is -2.37. The zero-order chi connectivity index (χ0) is 21.2. The Hall–Kier alpha value is -2.16. The van der Waals surface area contributed by atoms with E-state index in [-0.39, 0.29) is 17.3 Å². The highest BCUT2D eigenvalue weighted by atomic mass is 35.5. The largest absolute Gasteiger partial charge is 0.338 e. The zero-order valence-corrected chi connectivity index (χ0v) is 18.4. The molecule has 1 saturated heterocycles. The van der Waals surface area contributed by atoms with Crippen molar-refractivity contribution in [1.82, 2.24) is 19.0 Å². The normalized spacial score (nSPS) is 16.3. The number of aryl methyl sites for hydroxylation is 2. The molecule has 2 aromatic rings. The number of halogens is 1. The summed E-state index contributed by atoms with van der Waals surface area (Å²) in [5.41, 5.74) is 1.99. The number of amides is 1. The molecule has 1 aromatic heterocycles. The van der Waals surface area contributed by atoms with E-state index < -0.39 is 10.0 Å². The number of carbonyl (C=O) groups excluding carboxylic acids is 1. The first kappa shape index (κ1) is 21.5. The van der Waals surface area contributed by atoms with E-state index in [1.54, 1.807) is 48.7 Å². The second-order valence-electron chi connectivity index (χ2n) is 7.09. The molecule has 3 rings (SSSR count). The lowest BCUT2D eigenvalue weighted by molar-refractivity contribution is -0.125. The molecule has 0 N–H and O–H groups in total. The first-order valence-corrected chi connectivity index (χ1v) is 11.2. The Morgan fingerprint density at radius 2 is 1.79 bits per heavy atom. The fourth-order valence-electron chi connectivity index (χ4n) is 3.46. The number of rotatable bonds is 4. The molecule has 2 heterocycles. The smallest absolute Gasteiger partial charge is 0.246 e. The van der Waals surface area contributed by atoms with Gasteiger partial charge in [-0.3, -0.25) is 9.48 Å². The van der Waals surface area contributed by atoms with Gasteiger partial charge in [0.1, 0.15) is 4.90 Å². The lowest BCUT2D eigenvalue weighted by atomic mass is 10.2. The molecule has 1 aliphatic heterocycles. The van der Waals surface area contributed by atoms with Crippen LogP contribution >= 0.6 is 11.6 Å². The van der Waals surface area contributed by atoms with Crippen LogP contribution in [-0.2, 0) is 21.9 Å². The molecular formula is C20H25ClN4O3S. The maximum atomic E-state index is 13.2. The molecule has 0 aliphatic carbocycles. The minimum atomic E-state index is -3.65. The summed E-state index contributed by atoms with van der Waals surface area (Å²) in [6, 6.07) is 7.20. The van der Waals surface area contributed by atoms with Gasteiger partial charge in [0.05, 0.1) is 11.4 Å². The van der Waals surface area contributed by atoms with Crippen molar-refractivity contribution in [3.63, 3.8) is 0 Å². The SMILES string of the molecule is Cc1nn(C)c(C)c1S(=O)(=O)N1CCCN(C(=O)/C=C/c2ccc(Cl)cc2)CC1. The quantitative estimate of drug-likeness (QED) is 0.690. The van der Waals surface area contributed by atoms with Crippen molar-refractivity contribution in [3.8, 4) is 0 Å². The van der Waals surface area contributed by atoms with Crippen molar-refractivity contribution in [2.45, 2.75) is 25.2 Å². The fraction of sp³-hybridized carbons (Fsp3) is 0.400. The Kier molecular flexibility index (Phi) is 6.45. The molecule has 0 atom stereocenters. The first-order valence-electron chi connectivity index (χ1n) is 9.43. The van der Waals surface area contributed by atoms with Gasteiger partial charge in [-0.15, -0.1) is 0 Å². The lowest BCUT2D eigenvalue weighted by Gasteiger charge is -2.21. The zero-order valence-electron chi connectivity index (χ0n) is 16.8. The third kappa shape index (κ3) is 4.71. The van der Waals surface area contributed by atoms with Crippen molar-refractivity contribution < 1.29 is 13.2 Å². The summed E-state index contributed by atoms with van der Waals surface area (Å²) in [4.78, 5) is 14.5. The van der Waals surface area contributed by atoms with E-state index in [9.17, 15) is 13.2 Å². The highest BCUT2D eigenvalue weighted by Crippen LogP contribution is 2.24. The predicted molar refractivity (Wildman–Crippen MR) is 113 cm³/mol. The molecule has 0 saturated carbocycles. The third-order valence-corrected chi connectivity index (χ3v) is 7.50. The minimum absolute atomic E-state index is 0.132. The summed E-state index contributed by atoms with van der Waals surface area (Å²) in [6.07, 6.45) is 3.83. The second-order valence-corrected chi connectivity index (χ2v) is 9.40. The summed E-state index contributed by atoms with van der Waals surface area (Å²) in [5, 5.41) is 4.87. The predicted octanol–water partition coefficient (Wildman–Crippen LogP) is 2.63. The summed E-state index contributed by atoms with van der Waals surface area (Å²) < 4.78 is 29.3. The summed E-state index contributed by atoms with van der Waals surface area (Å²) in [5.74, 6) is -0.132. The van der Waals surface area contributed by atoms with E-state index in [0.29, 0.717) is 42.5 Å². The van der Waals surface area contributed by atoms with Crippen molar-refractivity contribution in [3.05, 3.63) is 52.3 Å². The van der Waals surface area contributed by atoms with Crippen LogP contribution in [-0.4, -0.2) is 59.5 Å². The van der Waals surface area contributed by atoms with Crippen LogP contribution in [0.3, 0.4) is 0 Å². The van der Waals surface area contributed by atoms with Crippen LogP contribution in [0.2, 0.25) is 5.02 Å². The highest BCUT2D eigenvalue weighted by Gasteiger charge is 2.32. The number of hydrogen-bond donors (Lipinski definition) is 0. The average Bonchev–Trinajstić information content (AvgIpc) is 2.85. The molecule has 1 fully saturated rings. The molecule has 7 nitrogen and oxygen atoms in total. The molecule has 1 aliphatic rings. The van der Waals surface area contributed by atoms with Crippen molar-refractivity contribution in [2.24, 2.45) is 7.05 Å². The molecule has 0 spiro atoms. The van der Waals surface area contributed by atoms with Gasteiger partial charge in [0.15, 0.2) is 0 Å². The first-order chi connectivity index (χ1) is 13.7. The van der Waals surface area contributed by atoms with Gasteiger partial charge in [-0.2, -0.15) is 9.40 Å².